The average Bonchev–Trinajstić information content (AvgIpc) is 3.02. The summed E-state index contributed by atoms with van der Waals surface area (Å²) < 4.78 is 0. The van der Waals surface area contributed by atoms with Crippen molar-refractivity contribution in [2.45, 2.75) is 44.2 Å². The maximum Gasteiger partial charge on any atom is 0.240 e. The molecule has 0 bridgehead atoms. The number of carbonyl (C=O) groups excluding carboxylic acids is 1. The Morgan fingerprint density at radius 2 is 2.09 bits per heavy atom. The van der Waals surface area contributed by atoms with Crippen LogP contribution in [0.5, 0.6) is 0 Å². The SMILES string of the molecule is CC1CCN(C(CNC(=O)C2(N)CC2)c2cccs2)CC1.Cl.Cl. The van der Waals surface area contributed by atoms with E-state index in [9.17, 15) is 4.79 Å². The van der Waals surface area contributed by atoms with Crippen LogP contribution in [-0.4, -0.2) is 36.0 Å². The van der Waals surface area contributed by atoms with Crippen LogP contribution in [-0.2, 0) is 4.79 Å². The van der Waals surface area contributed by atoms with Crippen LogP contribution >= 0.6 is 36.2 Å². The van der Waals surface area contributed by atoms with Crippen LogP contribution < -0.4 is 11.1 Å². The molecule has 0 radical (unpaired) electrons. The highest BCUT2D eigenvalue weighted by molar-refractivity contribution is 7.10. The van der Waals surface area contributed by atoms with Crippen molar-refractivity contribution >= 4 is 42.1 Å². The zero-order chi connectivity index (χ0) is 14.9. The quantitative estimate of drug-likeness (QED) is 0.826. The summed E-state index contributed by atoms with van der Waals surface area (Å²) in [4.78, 5) is 15.9. The summed E-state index contributed by atoms with van der Waals surface area (Å²) in [5.74, 6) is 0.841. The van der Waals surface area contributed by atoms with E-state index in [2.05, 4.69) is 34.7 Å². The topological polar surface area (TPSA) is 58.4 Å². The maximum atomic E-state index is 12.1. The summed E-state index contributed by atoms with van der Waals surface area (Å²) in [6, 6.07) is 4.56. The first-order valence-corrected chi connectivity index (χ1v) is 8.81. The van der Waals surface area contributed by atoms with Crippen LogP contribution in [0.4, 0.5) is 0 Å². The van der Waals surface area contributed by atoms with Gasteiger partial charge in [0.15, 0.2) is 0 Å². The van der Waals surface area contributed by atoms with Crippen LogP contribution in [0.1, 0.15) is 43.5 Å². The Kier molecular flexibility index (Phi) is 7.81. The highest BCUT2D eigenvalue weighted by Gasteiger charge is 2.46. The number of thiophene rings is 1. The van der Waals surface area contributed by atoms with E-state index in [1.54, 1.807) is 11.3 Å². The molecule has 4 nitrogen and oxygen atoms in total. The molecule has 1 aliphatic carbocycles. The van der Waals surface area contributed by atoms with Crippen molar-refractivity contribution in [3.63, 3.8) is 0 Å². The van der Waals surface area contributed by atoms with Crippen LogP contribution in [0.25, 0.3) is 0 Å². The van der Waals surface area contributed by atoms with E-state index < -0.39 is 5.54 Å². The van der Waals surface area contributed by atoms with Gasteiger partial charge in [-0.3, -0.25) is 9.69 Å². The average molecular weight is 380 g/mol. The third-order valence-electron chi connectivity index (χ3n) is 4.83. The van der Waals surface area contributed by atoms with Crippen molar-refractivity contribution in [1.82, 2.24) is 10.2 Å². The second-order valence-electron chi connectivity index (χ2n) is 6.62. The lowest BCUT2D eigenvalue weighted by atomic mass is 9.97. The zero-order valence-electron chi connectivity index (χ0n) is 13.5. The summed E-state index contributed by atoms with van der Waals surface area (Å²) in [6.07, 6.45) is 4.14. The summed E-state index contributed by atoms with van der Waals surface area (Å²) in [5.41, 5.74) is 5.40. The minimum atomic E-state index is -0.573. The van der Waals surface area contributed by atoms with Crippen molar-refractivity contribution in [1.29, 1.82) is 0 Å². The smallest absolute Gasteiger partial charge is 0.240 e. The van der Waals surface area contributed by atoms with Gasteiger partial charge in [0, 0.05) is 11.4 Å². The number of hydrogen-bond donors (Lipinski definition) is 2. The van der Waals surface area contributed by atoms with Gasteiger partial charge in [0.25, 0.3) is 0 Å². The highest BCUT2D eigenvalue weighted by Crippen LogP contribution is 2.33. The molecule has 3 N–H and O–H groups in total. The predicted molar refractivity (Wildman–Crippen MR) is 101 cm³/mol. The summed E-state index contributed by atoms with van der Waals surface area (Å²) in [5, 5.41) is 5.20. The molecule has 3 rings (SSSR count). The van der Waals surface area contributed by atoms with Crippen LogP contribution in [0, 0.1) is 5.92 Å². The number of halogens is 2. The van der Waals surface area contributed by atoms with Gasteiger partial charge in [0.2, 0.25) is 5.91 Å². The monoisotopic (exact) mass is 379 g/mol. The van der Waals surface area contributed by atoms with E-state index in [-0.39, 0.29) is 30.7 Å². The molecule has 2 heterocycles. The van der Waals surface area contributed by atoms with Crippen molar-refractivity contribution in [3.8, 4) is 0 Å². The number of amides is 1. The summed E-state index contributed by atoms with van der Waals surface area (Å²) >= 11 is 1.78. The number of carbonyl (C=O) groups is 1. The van der Waals surface area contributed by atoms with Gasteiger partial charge in [-0.25, -0.2) is 0 Å². The zero-order valence-corrected chi connectivity index (χ0v) is 15.9. The first-order chi connectivity index (χ1) is 10.1. The largest absolute Gasteiger partial charge is 0.353 e. The number of piperidine rings is 1. The molecule has 7 heteroatoms. The van der Waals surface area contributed by atoms with Crippen molar-refractivity contribution < 1.29 is 4.79 Å². The highest BCUT2D eigenvalue weighted by atomic mass is 35.5. The Hall–Kier alpha value is -0.330. The van der Waals surface area contributed by atoms with Gasteiger partial charge < -0.3 is 11.1 Å². The van der Waals surface area contributed by atoms with Gasteiger partial charge in [-0.15, -0.1) is 36.2 Å². The van der Waals surface area contributed by atoms with Gasteiger partial charge in [-0.1, -0.05) is 13.0 Å². The molecule has 1 aliphatic heterocycles. The molecule has 23 heavy (non-hydrogen) atoms. The van der Waals surface area contributed by atoms with E-state index in [0.29, 0.717) is 12.6 Å². The van der Waals surface area contributed by atoms with Crippen molar-refractivity contribution in [3.05, 3.63) is 22.4 Å². The Morgan fingerprint density at radius 3 is 2.61 bits per heavy atom. The lowest BCUT2D eigenvalue weighted by Crippen LogP contribution is -2.47. The van der Waals surface area contributed by atoms with Gasteiger partial charge in [0.05, 0.1) is 11.6 Å². The molecule has 1 aromatic rings. The lowest BCUT2D eigenvalue weighted by molar-refractivity contribution is -0.123. The molecule has 2 aliphatic rings. The standard InChI is InChI=1S/C16H25N3OS.2ClH/c1-12-4-8-19(9-5-12)13(14-3-2-10-21-14)11-18-15(20)16(17)6-7-16;;/h2-3,10,12-13H,4-9,11,17H2,1H3,(H,18,20);2*1H. The fourth-order valence-corrected chi connectivity index (χ4v) is 3.82. The molecule has 2 fully saturated rings. The molecule has 1 saturated heterocycles. The third-order valence-corrected chi connectivity index (χ3v) is 5.80. The normalized spacial score (nSPS) is 21.7. The van der Waals surface area contributed by atoms with Gasteiger partial charge in [0.1, 0.15) is 0 Å². The second-order valence-corrected chi connectivity index (χ2v) is 7.60. The van der Waals surface area contributed by atoms with Crippen molar-refractivity contribution in [2.75, 3.05) is 19.6 Å². The van der Waals surface area contributed by atoms with E-state index in [0.717, 1.165) is 31.8 Å². The van der Waals surface area contributed by atoms with Gasteiger partial charge >= 0.3 is 0 Å². The van der Waals surface area contributed by atoms with E-state index in [1.165, 1.54) is 17.7 Å². The molecule has 1 atom stereocenters. The summed E-state index contributed by atoms with van der Waals surface area (Å²) in [7, 11) is 0. The Morgan fingerprint density at radius 1 is 1.43 bits per heavy atom. The Bertz CT molecular complexity index is 486. The third kappa shape index (κ3) is 5.07. The van der Waals surface area contributed by atoms with Crippen LogP contribution in [0.3, 0.4) is 0 Å². The van der Waals surface area contributed by atoms with E-state index in [1.807, 2.05) is 0 Å². The maximum absolute atomic E-state index is 12.1. The number of nitrogens with one attached hydrogen (secondary N) is 1. The fourth-order valence-electron chi connectivity index (χ4n) is 2.96. The molecule has 1 unspecified atom stereocenters. The molecule has 0 aromatic carbocycles. The molecule has 1 amide bonds. The molecule has 1 saturated carbocycles. The van der Waals surface area contributed by atoms with E-state index in [4.69, 9.17) is 5.73 Å². The predicted octanol–water partition coefficient (Wildman–Crippen LogP) is 2.97. The molecule has 0 spiro atoms. The second kappa shape index (κ2) is 8.67. The van der Waals surface area contributed by atoms with Crippen LogP contribution in [0.2, 0.25) is 0 Å². The minimum absolute atomic E-state index is 0. The van der Waals surface area contributed by atoms with Gasteiger partial charge in [-0.2, -0.15) is 0 Å². The number of hydrogen-bond acceptors (Lipinski definition) is 4. The molecule has 1 aromatic heterocycles. The number of likely N-dealkylation sites (tertiary alicyclic amines) is 1. The van der Waals surface area contributed by atoms with Gasteiger partial charge in [-0.05, 0) is 56.1 Å². The molecule has 132 valence electrons. The Labute approximate surface area is 155 Å². The van der Waals surface area contributed by atoms with Crippen LogP contribution in [0.15, 0.2) is 17.5 Å². The number of nitrogens with zero attached hydrogens (tertiary/aromatic N) is 1. The first kappa shape index (κ1) is 20.7. The number of rotatable bonds is 5. The fraction of sp³-hybridized carbons (Fsp3) is 0.688. The van der Waals surface area contributed by atoms with E-state index >= 15 is 0 Å². The Balaban J connectivity index is 0.00000132. The minimum Gasteiger partial charge on any atom is -0.353 e. The number of nitrogens with two attached hydrogens (primary N) is 1. The first-order valence-electron chi connectivity index (χ1n) is 7.93. The molecular formula is C16H27Cl2N3OS. The summed E-state index contributed by atoms with van der Waals surface area (Å²) in [6.45, 7) is 5.23. The van der Waals surface area contributed by atoms with Crippen molar-refractivity contribution in [2.24, 2.45) is 11.7 Å². The molecular weight excluding hydrogens is 353 g/mol. The lowest BCUT2D eigenvalue weighted by Gasteiger charge is -2.36.